The molecule has 1 nitrogen and oxygen atoms in total. The molecule has 4 aliphatic rings. The zero-order valence-corrected chi connectivity index (χ0v) is 21.9. The highest BCUT2D eigenvalue weighted by Gasteiger charge is 2.69. The molecule has 0 heterocycles. The van der Waals surface area contributed by atoms with Gasteiger partial charge in [0.1, 0.15) is 0 Å². The van der Waals surface area contributed by atoms with Gasteiger partial charge in [0, 0.05) is 0 Å². The molecular weight excluding hydrogens is 478 g/mol. The van der Waals surface area contributed by atoms with Gasteiger partial charge in [-0.1, -0.05) is 61.0 Å². The third-order valence-electron chi connectivity index (χ3n) is 10.8. The Morgan fingerprint density at radius 2 is 1.36 bits per heavy atom. The van der Waals surface area contributed by atoms with Gasteiger partial charge < -0.3 is 5.11 Å². The van der Waals surface area contributed by atoms with Gasteiger partial charge in [0.05, 0.1) is 0 Å². The summed E-state index contributed by atoms with van der Waals surface area (Å²) in [6.45, 7) is 10.4. The normalized spacial score (nSPS) is 39.7. The molecule has 1 N–H and O–H groups in total. The summed E-state index contributed by atoms with van der Waals surface area (Å²) in [6.07, 6.45) is 0.960. The molecule has 4 saturated carbocycles. The molecule has 0 bridgehead atoms. The van der Waals surface area contributed by atoms with E-state index in [1.807, 2.05) is 13.8 Å². The highest BCUT2D eigenvalue weighted by atomic mass is 19.4. The average molecular weight is 527 g/mol. The molecule has 0 spiro atoms. The number of hydrogen-bond donors (Lipinski definition) is 1. The molecule has 7 heteroatoms. The Labute approximate surface area is 214 Å². The fourth-order valence-corrected chi connectivity index (χ4v) is 8.97. The zero-order valence-electron chi connectivity index (χ0n) is 21.9. The first-order chi connectivity index (χ1) is 16.2. The maximum atomic E-state index is 13.1. The van der Waals surface area contributed by atoms with Gasteiger partial charge >= 0.3 is 12.4 Å². The van der Waals surface area contributed by atoms with E-state index in [1.54, 1.807) is 6.92 Å². The van der Waals surface area contributed by atoms with Gasteiger partial charge in [-0.2, -0.15) is 26.3 Å². The minimum atomic E-state index is -5.81. The minimum absolute atomic E-state index is 0. The lowest BCUT2D eigenvalue weighted by molar-refractivity contribution is -0.347. The first-order valence-electron chi connectivity index (χ1n) is 13.7. The molecule has 0 radical (unpaired) electrons. The zero-order chi connectivity index (χ0) is 26.4. The van der Waals surface area contributed by atoms with E-state index in [1.165, 1.54) is 38.5 Å². The molecular formula is C29H48F6O. The molecule has 0 aromatic rings. The van der Waals surface area contributed by atoms with E-state index in [2.05, 4.69) is 13.8 Å². The van der Waals surface area contributed by atoms with Gasteiger partial charge in [0.15, 0.2) is 0 Å². The average Bonchev–Trinajstić information content (AvgIpc) is 3.14. The Morgan fingerprint density at radius 3 is 1.94 bits per heavy atom. The van der Waals surface area contributed by atoms with Gasteiger partial charge in [0.25, 0.3) is 5.60 Å². The Hall–Kier alpha value is -0.720. The van der Waals surface area contributed by atoms with Gasteiger partial charge in [-0.25, -0.2) is 0 Å². The number of allylic oxidation sites excluding steroid dienone is 1. The van der Waals surface area contributed by atoms with Crippen molar-refractivity contribution in [3.8, 4) is 0 Å². The van der Waals surface area contributed by atoms with Crippen LogP contribution in [-0.4, -0.2) is 23.1 Å². The van der Waals surface area contributed by atoms with Crippen LogP contribution in [0.3, 0.4) is 0 Å². The number of alkyl halides is 6. The SMILES string of the molecule is C.CC.C[C@H](/C=C/C(O)(C(F)(F)F)C(F)(F)F)C1CCC2C3CCC4CCCCC4(C)C3CCC21C. The summed E-state index contributed by atoms with van der Waals surface area (Å²) < 4.78 is 78.6. The van der Waals surface area contributed by atoms with E-state index in [0.29, 0.717) is 23.2 Å². The van der Waals surface area contributed by atoms with E-state index in [-0.39, 0.29) is 24.8 Å². The third kappa shape index (κ3) is 5.00. The predicted molar refractivity (Wildman–Crippen MR) is 133 cm³/mol. The lowest BCUT2D eigenvalue weighted by atomic mass is 9.44. The molecule has 4 aliphatic carbocycles. The van der Waals surface area contributed by atoms with Gasteiger partial charge in [-0.05, 0) is 104 Å². The summed E-state index contributed by atoms with van der Waals surface area (Å²) in [5, 5.41) is 9.53. The smallest absolute Gasteiger partial charge is 0.370 e. The van der Waals surface area contributed by atoms with E-state index in [9.17, 15) is 31.4 Å². The monoisotopic (exact) mass is 526 g/mol. The van der Waals surface area contributed by atoms with Crippen molar-refractivity contribution < 1.29 is 31.4 Å². The molecule has 212 valence electrons. The number of halogens is 6. The molecule has 0 aromatic heterocycles. The number of rotatable bonds is 3. The topological polar surface area (TPSA) is 20.2 Å². The Bertz CT molecular complexity index is 744. The summed E-state index contributed by atoms with van der Waals surface area (Å²) in [5.74, 6) is 2.17. The van der Waals surface area contributed by atoms with Crippen molar-refractivity contribution in [2.45, 2.75) is 124 Å². The summed E-state index contributed by atoms with van der Waals surface area (Å²) >= 11 is 0. The van der Waals surface area contributed by atoms with Crippen LogP contribution in [0.15, 0.2) is 12.2 Å². The van der Waals surface area contributed by atoms with Crippen LogP contribution in [0, 0.1) is 46.3 Å². The van der Waals surface area contributed by atoms with Crippen LogP contribution >= 0.6 is 0 Å². The van der Waals surface area contributed by atoms with Crippen molar-refractivity contribution in [3.63, 3.8) is 0 Å². The fraction of sp³-hybridized carbons (Fsp3) is 0.931. The third-order valence-corrected chi connectivity index (χ3v) is 10.8. The van der Waals surface area contributed by atoms with Crippen molar-refractivity contribution >= 4 is 0 Å². The van der Waals surface area contributed by atoms with Gasteiger partial charge in [-0.3, -0.25) is 0 Å². The summed E-state index contributed by atoms with van der Waals surface area (Å²) in [4.78, 5) is 0. The van der Waals surface area contributed by atoms with E-state index >= 15 is 0 Å². The lowest BCUT2D eigenvalue weighted by Crippen LogP contribution is -2.55. The van der Waals surface area contributed by atoms with Crippen LogP contribution in [0.1, 0.15) is 106 Å². The maximum Gasteiger partial charge on any atom is 0.429 e. The molecule has 4 fully saturated rings. The Kier molecular flexibility index (Phi) is 9.45. The minimum Gasteiger partial charge on any atom is -0.370 e. The van der Waals surface area contributed by atoms with Gasteiger partial charge in [0.2, 0.25) is 0 Å². The van der Waals surface area contributed by atoms with Gasteiger partial charge in [-0.15, -0.1) is 0 Å². The molecule has 4 rings (SSSR count). The lowest BCUT2D eigenvalue weighted by Gasteiger charge is -2.60. The van der Waals surface area contributed by atoms with Crippen LogP contribution in [0.5, 0.6) is 0 Å². The maximum absolute atomic E-state index is 13.1. The van der Waals surface area contributed by atoms with Crippen LogP contribution in [0.25, 0.3) is 0 Å². The van der Waals surface area contributed by atoms with Crippen LogP contribution in [0.2, 0.25) is 0 Å². The van der Waals surface area contributed by atoms with Crippen molar-refractivity contribution in [3.05, 3.63) is 12.2 Å². The van der Waals surface area contributed by atoms with Crippen molar-refractivity contribution in [2.24, 2.45) is 46.3 Å². The Balaban J connectivity index is 0.00000148. The summed E-state index contributed by atoms with van der Waals surface area (Å²) in [7, 11) is 0. The quantitative estimate of drug-likeness (QED) is 0.287. The van der Waals surface area contributed by atoms with Crippen LogP contribution in [-0.2, 0) is 0 Å². The summed E-state index contributed by atoms with van der Waals surface area (Å²) in [6, 6.07) is 0. The number of hydrogen-bond acceptors (Lipinski definition) is 1. The standard InChI is InChI=1S/C26H38F6O.C2H6.CH4/c1-16(11-15-24(33,25(27,28)29)26(30,31)32)19-9-10-20-18-8-7-17-6-4-5-13-22(17,2)21(18)12-14-23(19,20)3;1-2;/h11,15-21,33H,4-10,12-14H2,1-3H3;1-2H3;1H4/b15-11+;;/t16-,17?,18?,19?,20?,21?,22?,23?;;/m1../s1. The van der Waals surface area contributed by atoms with E-state index in [0.717, 1.165) is 37.7 Å². The molecule has 0 aromatic carbocycles. The van der Waals surface area contributed by atoms with Crippen LogP contribution in [0.4, 0.5) is 26.3 Å². The second kappa shape index (κ2) is 10.8. The van der Waals surface area contributed by atoms with E-state index in [4.69, 9.17) is 0 Å². The van der Waals surface area contributed by atoms with Crippen molar-refractivity contribution in [1.82, 2.24) is 0 Å². The fourth-order valence-electron chi connectivity index (χ4n) is 8.97. The number of fused-ring (bicyclic) bond motifs is 5. The number of aliphatic hydroxyl groups is 1. The predicted octanol–water partition coefficient (Wildman–Crippen LogP) is 9.75. The van der Waals surface area contributed by atoms with Crippen molar-refractivity contribution in [2.75, 3.05) is 0 Å². The highest BCUT2D eigenvalue weighted by molar-refractivity contribution is 5.15. The van der Waals surface area contributed by atoms with Crippen LogP contribution < -0.4 is 0 Å². The Morgan fingerprint density at radius 1 is 0.778 bits per heavy atom. The molecule has 8 atom stereocenters. The van der Waals surface area contributed by atoms with Crippen molar-refractivity contribution in [1.29, 1.82) is 0 Å². The first kappa shape index (κ1) is 31.5. The summed E-state index contributed by atoms with van der Waals surface area (Å²) in [5.41, 5.74) is -4.49. The second-order valence-electron chi connectivity index (χ2n) is 12.1. The molecule has 36 heavy (non-hydrogen) atoms. The van der Waals surface area contributed by atoms with E-state index < -0.39 is 23.9 Å². The molecule has 0 amide bonds. The second-order valence-corrected chi connectivity index (χ2v) is 12.1. The highest BCUT2D eigenvalue weighted by Crippen LogP contribution is 2.68. The molecule has 7 unspecified atom stereocenters. The molecule has 0 saturated heterocycles. The molecule has 0 aliphatic heterocycles. The first-order valence-corrected chi connectivity index (χ1v) is 13.7. The largest absolute Gasteiger partial charge is 0.429 e.